The van der Waals surface area contributed by atoms with E-state index in [-0.39, 0.29) is 5.92 Å². The van der Waals surface area contributed by atoms with Crippen LogP contribution >= 0.6 is 0 Å². The van der Waals surface area contributed by atoms with Gasteiger partial charge in [-0.2, -0.15) is 0 Å². The number of benzene rings is 1. The lowest BCUT2D eigenvalue weighted by atomic mass is 9.94. The molecule has 1 atom stereocenters. The molecule has 2 aliphatic rings. The van der Waals surface area contributed by atoms with Crippen LogP contribution in [0.5, 0.6) is 0 Å². The highest BCUT2D eigenvalue weighted by atomic mass is 16.2. The summed E-state index contributed by atoms with van der Waals surface area (Å²) in [6.07, 6.45) is 1.91. The van der Waals surface area contributed by atoms with Crippen molar-refractivity contribution in [2.24, 2.45) is 5.92 Å². The molecule has 6 heteroatoms. The number of amides is 1. The molecule has 2 aromatic rings. The SMILES string of the molecule is CC(C)n1c(CN2CCC(C(=O)N3CCN[C@H](C)C3)CC2)nc2ccccc21. The lowest BCUT2D eigenvalue weighted by molar-refractivity contribution is -0.138. The minimum absolute atomic E-state index is 0.186. The third kappa shape index (κ3) is 3.94. The van der Waals surface area contributed by atoms with Gasteiger partial charge in [0.15, 0.2) is 0 Å². The lowest BCUT2D eigenvalue weighted by Crippen LogP contribution is -2.53. The fourth-order valence-electron chi connectivity index (χ4n) is 4.71. The summed E-state index contributed by atoms with van der Waals surface area (Å²) in [7, 11) is 0. The fraction of sp³-hybridized carbons (Fsp3) is 0.636. The van der Waals surface area contributed by atoms with Crippen molar-refractivity contribution >= 4 is 16.9 Å². The highest BCUT2D eigenvalue weighted by molar-refractivity contribution is 5.79. The van der Waals surface area contributed by atoms with Gasteiger partial charge in [0.1, 0.15) is 5.82 Å². The quantitative estimate of drug-likeness (QED) is 0.882. The smallest absolute Gasteiger partial charge is 0.225 e. The normalized spacial score (nSPS) is 22.3. The van der Waals surface area contributed by atoms with Crippen molar-refractivity contribution in [3.05, 3.63) is 30.1 Å². The first-order chi connectivity index (χ1) is 13.5. The Labute approximate surface area is 167 Å². The number of para-hydroxylation sites is 2. The van der Waals surface area contributed by atoms with Crippen molar-refractivity contribution in [3.8, 4) is 0 Å². The predicted octanol–water partition coefficient (Wildman–Crippen LogP) is 2.65. The van der Waals surface area contributed by atoms with E-state index < -0.39 is 0 Å². The summed E-state index contributed by atoms with van der Waals surface area (Å²) in [5, 5.41) is 3.42. The predicted molar refractivity (Wildman–Crippen MR) is 112 cm³/mol. The van der Waals surface area contributed by atoms with E-state index >= 15 is 0 Å². The molecule has 0 unspecified atom stereocenters. The number of nitrogens with one attached hydrogen (secondary N) is 1. The molecule has 28 heavy (non-hydrogen) atoms. The third-order valence-corrected chi connectivity index (χ3v) is 6.17. The Morgan fingerprint density at radius 3 is 2.68 bits per heavy atom. The minimum atomic E-state index is 0.186. The van der Waals surface area contributed by atoms with E-state index in [0.29, 0.717) is 18.0 Å². The second kappa shape index (κ2) is 8.21. The molecular formula is C22H33N5O. The van der Waals surface area contributed by atoms with Crippen LogP contribution < -0.4 is 5.32 Å². The van der Waals surface area contributed by atoms with Crippen LogP contribution in [0.4, 0.5) is 0 Å². The fourth-order valence-corrected chi connectivity index (χ4v) is 4.71. The monoisotopic (exact) mass is 383 g/mol. The van der Waals surface area contributed by atoms with E-state index in [1.165, 1.54) is 5.52 Å². The van der Waals surface area contributed by atoms with Gasteiger partial charge in [-0.3, -0.25) is 9.69 Å². The Morgan fingerprint density at radius 1 is 1.21 bits per heavy atom. The zero-order valence-corrected chi connectivity index (χ0v) is 17.4. The number of rotatable bonds is 4. The van der Waals surface area contributed by atoms with Crippen LogP contribution in [0.2, 0.25) is 0 Å². The maximum Gasteiger partial charge on any atom is 0.225 e. The van der Waals surface area contributed by atoms with Gasteiger partial charge in [-0.1, -0.05) is 12.1 Å². The van der Waals surface area contributed by atoms with Crippen LogP contribution in [0.3, 0.4) is 0 Å². The maximum absolute atomic E-state index is 12.9. The summed E-state index contributed by atoms with van der Waals surface area (Å²) in [5.74, 6) is 1.68. The first-order valence-electron chi connectivity index (χ1n) is 10.7. The first-order valence-corrected chi connectivity index (χ1v) is 10.7. The molecule has 0 saturated carbocycles. The number of fused-ring (bicyclic) bond motifs is 1. The average Bonchev–Trinajstić information content (AvgIpc) is 3.06. The van der Waals surface area contributed by atoms with Gasteiger partial charge < -0.3 is 14.8 Å². The highest BCUT2D eigenvalue weighted by Gasteiger charge is 2.31. The zero-order valence-electron chi connectivity index (χ0n) is 17.4. The zero-order chi connectivity index (χ0) is 19.7. The summed E-state index contributed by atoms with van der Waals surface area (Å²) >= 11 is 0. The van der Waals surface area contributed by atoms with Crippen molar-refractivity contribution in [1.82, 2.24) is 24.7 Å². The Kier molecular flexibility index (Phi) is 5.69. The molecule has 152 valence electrons. The summed E-state index contributed by atoms with van der Waals surface area (Å²) in [6.45, 7) is 12.0. The maximum atomic E-state index is 12.9. The van der Waals surface area contributed by atoms with E-state index in [1.54, 1.807) is 0 Å². The number of hydrogen-bond acceptors (Lipinski definition) is 4. The Morgan fingerprint density at radius 2 is 1.96 bits per heavy atom. The second-order valence-electron chi connectivity index (χ2n) is 8.67. The molecule has 0 bridgehead atoms. The molecule has 2 fully saturated rings. The van der Waals surface area contributed by atoms with Gasteiger partial charge in [0.05, 0.1) is 17.6 Å². The van der Waals surface area contributed by atoms with Gasteiger partial charge in [-0.15, -0.1) is 0 Å². The molecule has 3 heterocycles. The van der Waals surface area contributed by atoms with Crippen LogP contribution in [0.25, 0.3) is 11.0 Å². The van der Waals surface area contributed by atoms with Crippen LogP contribution in [0.15, 0.2) is 24.3 Å². The topological polar surface area (TPSA) is 53.4 Å². The Balaban J connectivity index is 1.39. The van der Waals surface area contributed by atoms with Gasteiger partial charge in [0, 0.05) is 37.6 Å². The van der Waals surface area contributed by atoms with E-state index in [9.17, 15) is 4.79 Å². The number of piperazine rings is 1. The number of likely N-dealkylation sites (tertiary alicyclic amines) is 1. The second-order valence-corrected chi connectivity index (χ2v) is 8.67. The van der Waals surface area contributed by atoms with E-state index in [1.807, 2.05) is 0 Å². The van der Waals surface area contributed by atoms with Gasteiger partial charge in [0.25, 0.3) is 0 Å². The molecule has 4 rings (SSSR count). The Hall–Kier alpha value is -1.92. The number of piperidine rings is 1. The van der Waals surface area contributed by atoms with Crippen molar-refractivity contribution in [2.45, 2.75) is 52.2 Å². The van der Waals surface area contributed by atoms with Crippen molar-refractivity contribution in [1.29, 1.82) is 0 Å². The number of carbonyl (C=O) groups is 1. The number of hydrogen-bond donors (Lipinski definition) is 1. The molecule has 1 aromatic heterocycles. The summed E-state index contributed by atoms with van der Waals surface area (Å²) in [5.41, 5.74) is 2.29. The van der Waals surface area contributed by atoms with E-state index in [2.05, 4.69) is 64.7 Å². The van der Waals surface area contributed by atoms with Crippen LogP contribution in [0, 0.1) is 5.92 Å². The molecule has 0 radical (unpaired) electrons. The van der Waals surface area contributed by atoms with Gasteiger partial charge in [-0.05, 0) is 58.8 Å². The van der Waals surface area contributed by atoms with Crippen molar-refractivity contribution in [3.63, 3.8) is 0 Å². The third-order valence-electron chi connectivity index (χ3n) is 6.17. The van der Waals surface area contributed by atoms with Crippen LogP contribution in [-0.2, 0) is 11.3 Å². The van der Waals surface area contributed by atoms with E-state index in [4.69, 9.17) is 4.98 Å². The van der Waals surface area contributed by atoms with Gasteiger partial charge >= 0.3 is 0 Å². The number of imidazole rings is 1. The Bertz CT molecular complexity index is 821. The summed E-state index contributed by atoms with van der Waals surface area (Å²) < 4.78 is 2.36. The van der Waals surface area contributed by atoms with Gasteiger partial charge in [-0.25, -0.2) is 4.98 Å². The van der Waals surface area contributed by atoms with Gasteiger partial charge in [0.2, 0.25) is 5.91 Å². The summed E-state index contributed by atoms with van der Waals surface area (Å²) in [6, 6.07) is 9.18. The van der Waals surface area contributed by atoms with Crippen LogP contribution in [-0.4, -0.2) is 64.0 Å². The summed E-state index contributed by atoms with van der Waals surface area (Å²) in [4.78, 5) is 22.3. The number of carbonyl (C=O) groups excluding carboxylic acids is 1. The molecule has 1 aromatic carbocycles. The standard InChI is InChI=1S/C22H33N5O/c1-16(2)27-20-7-5-4-6-19(20)24-21(27)15-25-11-8-18(9-12-25)22(28)26-13-10-23-17(3)14-26/h4-7,16-18,23H,8-15H2,1-3H3/t17-/m1/s1. The average molecular weight is 384 g/mol. The molecule has 0 aliphatic carbocycles. The lowest BCUT2D eigenvalue weighted by Gasteiger charge is -2.37. The highest BCUT2D eigenvalue weighted by Crippen LogP contribution is 2.25. The van der Waals surface area contributed by atoms with E-state index in [0.717, 1.165) is 63.5 Å². The largest absolute Gasteiger partial charge is 0.340 e. The van der Waals surface area contributed by atoms with Crippen molar-refractivity contribution < 1.29 is 4.79 Å². The molecular weight excluding hydrogens is 350 g/mol. The first kappa shape index (κ1) is 19.4. The van der Waals surface area contributed by atoms with Crippen molar-refractivity contribution in [2.75, 3.05) is 32.7 Å². The minimum Gasteiger partial charge on any atom is -0.340 e. The molecule has 1 amide bonds. The molecule has 6 nitrogen and oxygen atoms in total. The molecule has 2 saturated heterocycles. The molecule has 0 spiro atoms. The molecule has 2 aliphatic heterocycles. The molecule has 1 N–H and O–H groups in total. The van der Waals surface area contributed by atoms with Crippen LogP contribution in [0.1, 0.15) is 45.5 Å². The number of nitrogens with zero attached hydrogens (tertiary/aromatic N) is 4. The number of aromatic nitrogens is 2.